The van der Waals surface area contributed by atoms with Crippen LogP contribution in [0.3, 0.4) is 0 Å². The van der Waals surface area contributed by atoms with Gasteiger partial charge in [0.05, 0.1) is 11.8 Å². The molecule has 1 saturated heterocycles. The largest absolute Gasteiger partial charge is 0.344 e. The minimum absolute atomic E-state index is 0.135. The Morgan fingerprint density at radius 3 is 2.14 bits per heavy atom. The van der Waals surface area contributed by atoms with Crippen molar-refractivity contribution in [3.05, 3.63) is 12.2 Å². The molecule has 3 unspecified atom stereocenters. The van der Waals surface area contributed by atoms with Crippen molar-refractivity contribution in [3.63, 3.8) is 0 Å². The smallest absolute Gasteiger partial charge is 0.245 e. The van der Waals surface area contributed by atoms with E-state index in [1.165, 1.54) is 4.90 Å². The van der Waals surface area contributed by atoms with Crippen LogP contribution < -0.4 is 0 Å². The SMILES string of the molecule is CCN(C)C(=O)C(CC(C)C)N1C(=O)C2CC=CCC2C1=O. The number of allylic oxidation sites excluding steroid dienone is 2. The van der Waals surface area contributed by atoms with Gasteiger partial charge in [0.15, 0.2) is 0 Å². The highest BCUT2D eigenvalue weighted by molar-refractivity contribution is 6.08. The monoisotopic (exact) mass is 306 g/mol. The number of carbonyl (C=O) groups excluding carboxylic acids is 3. The lowest BCUT2D eigenvalue weighted by molar-refractivity contribution is -0.151. The first-order valence-electron chi connectivity index (χ1n) is 8.15. The normalized spacial score (nSPS) is 25.6. The van der Waals surface area contributed by atoms with Gasteiger partial charge in [0.2, 0.25) is 17.7 Å². The third-order valence-corrected chi connectivity index (χ3v) is 4.68. The Morgan fingerprint density at radius 2 is 1.73 bits per heavy atom. The molecule has 1 aliphatic carbocycles. The molecule has 1 heterocycles. The molecule has 2 rings (SSSR count). The van der Waals surface area contributed by atoms with Crippen molar-refractivity contribution in [1.82, 2.24) is 9.80 Å². The Balaban J connectivity index is 2.29. The maximum absolute atomic E-state index is 12.7. The summed E-state index contributed by atoms with van der Waals surface area (Å²) in [5.41, 5.74) is 0. The summed E-state index contributed by atoms with van der Waals surface area (Å²) < 4.78 is 0. The minimum Gasteiger partial charge on any atom is -0.344 e. The Morgan fingerprint density at radius 1 is 1.23 bits per heavy atom. The third kappa shape index (κ3) is 2.94. The summed E-state index contributed by atoms with van der Waals surface area (Å²) in [5.74, 6) is -0.769. The summed E-state index contributed by atoms with van der Waals surface area (Å²) in [6, 6.07) is -0.657. The highest BCUT2D eigenvalue weighted by Crippen LogP contribution is 2.37. The molecule has 22 heavy (non-hydrogen) atoms. The predicted octanol–water partition coefficient (Wildman–Crippen LogP) is 1.83. The number of hydrogen-bond donors (Lipinski definition) is 0. The van der Waals surface area contributed by atoms with Crippen LogP contribution in [0.25, 0.3) is 0 Å². The van der Waals surface area contributed by atoms with Crippen LogP contribution in [0.4, 0.5) is 0 Å². The number of rotatable bonds is 5. The summed E-state index contributed by atoms with van der Waals surface area (Å²) in [4.78, 5) is 40.9. The van der Waals surface area contributed by atoms with Gasteiger partial charge in [-0.2, -0.15) is 0 Å². The number of likely N-dealkylation sites (tertiary alicyclic amines) is 1. The van der Waals surface area contributed by atoms with Gasteiger partial charge >= 0.3 is 0 Å². The van der Waals surface area contributed by atoms with Crippen LogP contribution in [0.15, 0.2) is 12.2 Å². The molecule has 0 aromatic carbocycles. The average Bonchev–Trinajstić information content (AvgIpc) is 2.75. The Kier molecular flexibility index (Phi) is 5.04. The van der Waals surface area contributed by atoms with E-state index in [1.807, 2.05) is 32.9 Å². The molecular weight excluding hydrogens is 280 g/mol. The molecule has 0 radical (unpaired) electrons. The minimum atomic E-state index is -0.657. The summed E-state index contributed by atoms with van der Waals surface area (Å²) in [7, 11) is 1.72. The summed E-state index contributed by atoms with van der Waals surface area (Å²) >= 11 is 0. The number of likely N-dealkylation sites (N-methyl/N-ethyl adjacent to an activating group) is 1. The first-order chi connectivity index (χ1) is 10.4. The fourth-order valence-corrected chi connectivity index (χ4v) is 3.31. The van der Waals surface area contributed by atoms with Gasteiger partial charge < -0.3 is 4.90 Å². The lowest BCUT2D eigenvalue weighted by Gasteiger charge is -2.30. The lowest BCUT2D eigenvalue weighted by atomic mass is 9.85. The number of amides is 3. The first-order valence-corrected chi connectivity index (χ1v) is 8.15. The van der Waals surface area contributed by atoms with Gasteiger partial charge in [-0.05, 0) is 32.1 Å². The summed E-state index contributed by atoms with van der Waals surface area (Å²) in [6.07, 6.45) is 5.67. The number of nitrogens with zero attached hydrogens (tertiary/aromatic N) is 2. The Hall–Kier alpha value is -1.65. The number of carbonyl (C=O) groups is 3. The zero-order valence-corrected chi connectivity index (χ0v) is 13.9. The van der Waals surface area contributed by atoms with Gasteiger partial charge in [0.25, 0.3) is 0 Å². The highest BCUT2D eigenvalue weighted by Gasteiger charge is 2.51. The van der Waals surface area contributed by atoms with Crippen LogP contribution in [0, 0.1) is 17.8 Å². The van der Waals surface area contributed by atoms with Gasteiger partial charge in [-0.15, -0.1) is 0 Å². The van der Waals surface area contributed by atoms with Crippen molar-refractivity contribution in [2.45, 2.75) is 46.1 Å². The van der Waals surface area contributed by atoms with Gasteiger partial charge in [0, 0.05) is 13.6 Å². The topological polar surface area (TPSA) is 57.7 Å². The molecule has 0 aromatic rings. The molecule has 122 valence electrons. The van der Waals surface area contributed by atoms with Crippen molar-refractivity contribution < 1.29 is 14.4 Å². The lowest BCUT2D eigenvalue weighted by Crippen LogP contribution is -2.51. The molecule has 0 aromatic heterocycles. The van der Waals surface area contributed by atoms with Crippen LogP contribution in [0.5, 0.6) is 0 Å². The fraction of sp³-hybridized carbons (Fsp3) is 0.706. The molecular formula is C17H26N2O3. The van der Waals surface area contributed by atoms with E-state index < -0.39 is 6.04 Å². The Bertz CT molecular complexity index is 472. The zero-order chi connectivity index (χ0) is 16.4. The second-order valence-electron chi connectivity index (χ2n) is 6.70. The maximum atomic E-state index is 12.7. The first kappa shape index (κ1) is 16.7. The van der Waals surface area contributed by atoms with Crippen molar-refractivity contribution >= 4 is 17.7 Å². The third-order valence-electron chi connectivity index (χ3n) is 4.68. The average molecular weight is 306 g/mol. The summed E-state index contributed by atoms with van der Waals surface area (Å²) in [5, 5.41) is 0. The van der Waals surface area contributed by atoms with E-state index >= 15 is 0 Å². The maximum Gasteiger partial charge on any atom is 0.245 e. The number of imide groups is 1. The molecule has 2 aliphatic rings. The second-order valence-corrected chi connectivity index (χ2v) is 6.70. The zero-order valence-electron chi connectivity index (χ0n) is 13.9. The molecule has 0 N–H and O–H groups in total. The van der Waals surface area contributed by atoms with E-state index in [0.717, 1.165) is 0 Å². The predicted molar refractivity (Wildman–Crippen MR) is 83.8 cm³/mol. The van der Waals surface area contributed by atoms with Crippen molar-refractivity contribution in [2.75, 3.05) is 13.6 Å². The van der Waals surface area contributed by atoms with E-state index in [0.29, 0.717) is 25.8 Å². The molecule has 3 atom stereocenters. The molecule has 5 nitrogen and oxygen atoms in total. The highest BCUT2D eigenvalue weighted by atomic mass is 16.2. The van der Waals surface area contributed by atoms with Crippen LogP contribution in [-0.2, 0) is 14.4 Å². The summed E-state index contributed by atoms with van der Waals surface area (Å²) in [6.45, 7) is 6.47. The standard InChI is InChI=1S/C17H26N2O3/c1-5-18(4)17(22)14(10-11(2)3)19-15(20)12-8-6-7-9-13(12)16(19)21/h6-7,11-14H,5,8-10H2,1-4H3. The van der Waals surface area contributed by atoms with Crippen molar-refractivity contribution in [3.8, 4) is 0 Å². The van der Waals surface area contributed by atoms with E-state index in [-0.39, 0.29) is 35.5 Å². The van der Waals surface area contributed by atoms with E-state index in [9.17, 15) is 14.4 Å². The second kappa shape index (κ2) is 6.63. The van der Waals surface area contributed by atoms with Crippen LogP contribution in [-0.4, -0.2) is 47.2 Å². The van der Waals surface area contributed by atoms with Gasteiger partial charge in [-0.1, -0.05) is 26.0 Å². The molecule has 1 fully saturated rings. The molecule has 1 aliphatic heterocycles. The van der Waals surface area contributed by atoms with E-state index in [1.54, 1.807) is 11.9 Å². The molecule has 0 bridgehead atoms. The molecule has 0 saturated carbocycles. The molecule has 5 heteroatoms. The van der Waals surface area contributed by atoms with Crippen LogP contribution in [0.1, 0.15) is 40.0 Å². The quantitative estimate of drug-likeness (QED) is 0.575. The number of fused-ring (bicyclic) bond motifs is 1. The number of hydrogen-bond acceptors (Lipinski definition) is 3. The van der Waals surface area contributed by atoms with E-state index in [4.69, 9.17) is 0 Å². The fourth-order valence-electron chi connectivity index (χ4n) is 3.31. The van der Waals surface area contributed by atoms with Crippen molar-refractivity contribution in [2.24, 2.45) is 17.8 Å². The van der Waals surface area contributed by atoms with E-state index in [2.05, 4.69) is 0 Å². The Labute approximate surface area is 132 Å². The van der Waals surface area contributed by atoms with Gasteiger partial charge in [0.1, 0.15) is 6.04 Å². The van der Waals surface area contributed by atoms with Gasteiger partial charge in [-0.25, -0.2) is 0 Å². The van der Waals surface area contributed by atoms with Crippen LogP contribution >= 0.6 is 0 Å². The van der Waals surface area contributed by atoms with Crippen LogP contribution in [0.2, 0.25) is 0 Å². The molecule has 3 amide bonds. The van der Waals surface area contributed by atoms with Gasteiger partial charge in [-0.3, -0.25) is 19.3 Å². The van der Waals surface area contributed by atoms with Crippen molar-refractivity contribution in [1.29, 1.82) is 0 Å². The molecule has 0 spiro atoms.